The lowest BCUT2D eigenvalue weighted by Gasteiger charge is -2.25. The Hall–Kier alpha value is -1.63. The molecule has 1 saturated carbocycles. The van der Waals surface area contributed by atoms with Crippen molar-refractivity contribution >= 4 is 21.6 Å². The minimum atomic E-state index is -0.100. The van der Waals surface area contributed by atoms with Gasteiger partial charge in [-0.15, -0.1) is 0 Å². The minimum Gasteiger partial charge on any atom is -0.374 e. The second-order valence-electron chi connectivity index (χ2n) is 5.43. The topological polar surface area (TPSA) is 73.0 Å². The van der Waals surface area contributed by atoms with E-state index in [1.165, 1.54) is 19.3 Å². The van der Waals surface area contributed by atoms with Crippen molar-refractivity contribution in [3.05, 3.63) is 38.5 Å². The van der Waals surface area contributed by atoms with E-state index >= 15 is 0 Å². The molecule has 112 valence electrons. The Kier molecular flexibility index (Phi) is 4.10. The predicted molar refractivity (Wildman–Crippen MR) is 82.1 cm³/mol. The van der Waals surface area contributed by atoms with Gasteiger partial charge < -0.3 is 9.84 Å². The van der Waals surface area contributed by atoms with Gasteiger partial charge in [0.15, 0.2) is 0 Å². The molecule has 2 aromatic heterocycles. The van der Waals surface area contributed by atoms with Gasteiger partial charge in [0, 0.05) is 12.6 Å². The third-order valence-electron chi connectivity index (χ3n) is 3.78. The molecule has 0 aliphatic heterocycles. The molecule has 6 nitrogen and oxygen atoms in total. The molecule has 0 aromatic carbocycles. The van der Waals surface area contributed by atoms with Crippen molar-refractivity contribution in [1.29, 1.82) is 0 Å². The zero-order valence-corrected chi connectivity index (χ0v) is 13.4. The number of hydrogen-bond donors (Lipinski definition) is 1. The first-order chi connectivity index (χ1) is 10.1. The molecule has 0 saturated heterocycles. The quantitative estimate of drug-likeness (QED) is 0.895. The van der Waals surface area contributed by atoms with E-state index in [0.717, 1.165) is 11.5 Å². The smallest absolute Gasteiger partial charge is 0.291 e. The van der Waals surface area contributed by atoms with Crippen LogP contribution >= 0.6 is 15.9 Å². The first-order valence-electron chi connectivity index (χ1n) is 7.05. The molecule has 3 rings (SSSR count). The Morgan fingerprint density at radius 2 is 2.33 bits per heavy atom. The fourth-order valence-corrected chi connectivity index (χ4v) is 2.76. The van der Waals surface area contributed by atoms with Crippen molar-refractivity contribution in [2.75, 3.05) is 5.32 Å². The fourth-order valence-electron chi connectivity index (χ4n) is 2.36. The van der Waals surface area contributed by atoms with Crippen LogP contribution < -0.4 is 10.9 Å². The number of rotatable bonds is 5. The Morgan fingerprint density at radius 1 is 1.52 bits per heavy atom. The molecule has 1 fully saturated rings. The van der Waals surface area contributed by atoms with Gasteiger partial charge in [0.1, 0.15) is 17.1 Å². The van der Waals surface area contributed by atoms with Gasteiger partial charge in [0.2, 0.25) is 0 Å². The van der Waals surface area contributed by atoms with E-state index in [1.54, 1.807) is 10.9 Å². The molecule has 0 spiro atoms. The highest BCUT2D eigenvalue weighted by molar-refractivity contribution is 9.10. The Bertz CT molecular complexity index is 691. The van der Waals surface area contributed by atoms with Crippen LogP contribution in [-0.4, -0.2) is 14.9 Å². The lowest BCUT2D eigenvalue weighted by Crippen LogP contribution is -2.30. The van der Waals surface area contributed by atoms with Crippen LogP contribution in [0.2, 0.25) is 0 Å². The normalized spacial score (nSPS) is 15.0. The van der Waals surface area contributed by atoms with E-state index in [-0.39, 0.29) is 5.56 Å². The summed E-state index contributed by atoms with van der Waals surface area (Å²) in [6, 6.07) is 1.84. The second kappa shape index (κ2) is 6.01. The van der Waals surface area contributed by atoms with E-state index in [0.29, 0.717) is 29.2 Å². The molecular formula is C14H17BrN4O2. The summed E-state index contributed by atoms with van der Waals surface area (Å²) >= 11 is 3.38. The summed E-state index contributed by atoms with van der Waals surface area (Å²) in [5.41, 5.74) is 1.18. The van der Waals surface area contributed by atoms with Crippen LogP contribution in [0.1, 0.15) is 30.7 Å². The molecule has 1 N–H and O–H groups in total. The Morgan fingerprint density at radius 3 is 2.95 bits per heavy atom. The van der Waals surface area contributed by atoms with Crippen LogP contribution in [0.3, 0.4) is 0 Å². The second-order valence-corrected chi connectivity index (χ2v) is 6.29. The SMILES string of the molecule is Cc1cc(CNc2c(Br)cnn(CC3CCC3)c2=O)no1. The molecule has 1 aliphatic rings. The van der Waals surface area contributed by atoms with Gasteiger partial charge >= 0.3 is 0 Å². The predicted octanol–water partition coefficient (Wildman–Crippen LogP) is 2.71. The van der Waals surface area contributed by atoms with Crippen molar-refractivity contribution in [3.8, 4) is 0 Å². The number of halogens is 1. The molecule has 0 radical (unpaired) electrons. The van der Waals surface area contributed by atoms with Gasteiger partial charge in [-0.25, -0.2) is 4.68 Å². The number of aromatic nitrogens is 3. The number of nitrogens with one attached hydrogen (secondary N) is 1. The van der Waals surface area contributed by atoms with Gasteiger partial charge in [-0.2, -0.15) is 5.10 Å². The lowest BCUT2D eigenvalue weighted by molar-refractivity contribution is 0.262. The van der Waals surface area contributed by atoms with E-state index in [4.69, 9.17) is 4.52 Å². The summed E-state index contributed by atoms with van der Waals surface area (Å²) in [5, 5.41) is 11.2. The van der Waals surface area contributed by atoms with E-state index < -0.39 is 0 Å². The summed E-state index contributed by atoms with van der Waals surface area (Å²) in [5.74, 6) is 1.34. The van der Waals surface area contributed by atoms with Crippen molar-refractivity contribution in [2.24, 2.45) is 5.92 Å². The first kappa shape index (κ1) is 14.3. The van der Waals surface area contributed by atoms with Crippen molar-refractivity contribution < 1.29 is 4.52 Å². The van der Waals surface area contributed by atoms with Crippen LogP contribution in [0, 0.1) is 12.8 Å². The fraction of sp³-hybridized carbons (Fsp3) is 0.500. The maximum absolute atomic E-state index is 12.5. The molecule has 0 unspecified atom stereocenters. The van der Waals surface area contributed by atoms with Crippen LogP contribution in [-0.2, 0) is 13.1 Å². The summed E-state index contributed by atoms with van der Waals surface area (Å²) in [6.07, 6.45) is 5.29. The van der Waals surface area contributed by atoms with E-state index in [2.05, 4.69) is 31.5 Å². The van der Waals surface area contributed by atoms with Gasteiger partial charge in [0.05, 0.1) is 17.2 Å². The Labute approximate surface area is 130 Å². The standard InChI is InChI=1S/C14H17BrN4O2/c1-9-5-11(18-21-9)6-16-13-12(15)7-17-19(14(13)20)8-10-3-2-4-10/h5,7,10,16H,2-4,6,8H2,1H3. The van der Waals surface area contributed by atoms with Crippen LogP contribution in [0.5, 0.6) is 0 Å². The van der Waals surface area contributed by atoms with Crippen LogP contribution in [0.15, 0.2) is 26.1 Å². The molecule has 2 aromatic rings. The highest BCUT2D eigenvalue weighted by Gasteiger charge is 2.20. The van der Waals surface area contributed by atoms with Gasteiger partial charge in [-0.1, -0.05) is 11.6 Å². The van der Waals surface area contributed by atoms with Crippen LogP contribution in [0.25, 0.3) is 0 Å². The molecule has 0 atom stereocenters. The Balaban J connectivity index is 1.76. The average Bonchev–Trinajstić information content (AvgIpc) is 2.81. The molecule has 2 heterocycles. The van der Waals surface area contributed by atoms with E-state index in [1.807, 2.05) is 13.0 Å². The van der Waals surface area contributed by atoms with E-state index in [9.17, 15) is 4.79 Å². The summed E-state index contributed by atoms with van der Waals surface area (Å²) in [6.45, 7) is 2.98. The minimum absolute atomic E-state index is 0.100. The molecule has 21 heavy (non-hydrogen) atoms. The molecule has 0 amide bonds. The first-order valence-corrected chi connectivity index (χ1v) is 7.84. The molecule has 1 aliphatic carbocycles. The van der Waals surface area contributed by atoms with Crippen molar-refractivity contribution in [3.63, 3.8) is 0 Å². The summed E-state index contributed by atoms with van der Waals surface area (Å²) in [4.78, 5) is 12.5. The zero-order valence-electron chi connectivity index (χ0n) is 11.8. The monoisotopic (exact) mass is 352 g/mol. The lowest BCUT2D eigenvalue weighted by atomic mass is 9.85. The van der Waals surface area contributed by atoms with Crippen molar-refractivity contribution in [1.82, 2.24) is 14.9 Å². The largest absolute Gasteiger partial charge is 0.374 e. The number of hydrogen-bond acceptors (Lipinski definition) is 5. The molecular weight excluding hydrogens is 336 g/mol. The maximum Gasteiger partial charge on any atom is 0.291 e. The summed E-state index contributed by atoms with van der Waals surface area (Å²) < 4.78 is 7.23. The van der Waals surface area contributed by atoms with Crippen LogP contribution in [0.4, 0.5) is 5.69 Å². The maximum atomic E-state index is 12.5. The third-order valence-corrected chi connectivity index (χ3v) is 4.38. The highest BCUT2D eigenvalue weighted by atomic mass is 79.9. The number of anilines is 1. The van der Waals surface area contributed by atoms with Gasteiger partial charge in [-0.05, 0) is 41.6 Å². The molecule has 0 bridgehead atoms. The number of nitrogens with zero attached hydrogens (tertiary/aromatic N) is 3. The molecule has 7 heteroatoms. The van der Waals surface area contributed by atoms with Gasteiger partial charge in [-0.3, -0.25) is 4.79 Å². The van der Waals surface area contributed by atoms with Crippen molar-refractivity contribution in [2.45, 2.75) is 39.3 Å². The zero-order chi connectivity index (χ0) is 14.8. The summed E-state index contributed by atoms with van der Waals surface area (Å²) in [7, 11) is 0. The highest BCUT2D eigenvalue weighted by Crippen LogP contribution is 2.27. The van der Waals surface area contributed by atoms with Gasteiger partial charge in [0.25, 0.3) is 5.56 Å². The average molecular weight is 353 g/mol. The number of aryl methyl sites for hydroxylation is 1. The third kappa shape index (κ3) is 3.18.